The molecule has 3 heteroatoms. The molecule has 112 valence electrons. The second kappa shape index (κ2) is 8.16. The molecular formula is C17H26BrNO. The average molecular weight is 340 g/mol. The number of likely N-dealkylation sites (N-methyl/N-ethyl adjacent to an activating group) is 1. The van der Waals surface area contributed by atoms with E-state index in [9.17, 15) is 0 Å². The quantitative estimate of drug-likeness (QED) is 0.767. The van der Waals surface area contributed by atoms with Crippen LogP contribution < -0.4 is 5.32 Å². The Hall–Kier alpha value is -0.380. The lowest BCUT2D eigenvalue weighted by Crippen LogP contribution is -2.39. The maximum Gasteiger partial charge on any atom is 0.0580 e. The largest absolute Gasteiger partial charge is 0.378 e. The van der Waals surface area contributed by atoms with Crippen LogP contribution in [0.2, 0.25) is 0 Å². The minimum absolute atomic E-state index is 0.524. The fourth-order valence-corrected chi connectivity index (χ4v) is 3.54. The minimum atomic E-state index is 0.524. The van der Waals surface area contributed by atoms with Gasteiger partial charge in [0.15, 0.2) is 0 Å². The summed E-state index contributed by atoms with van der Waals surface area (Å²) in [4.78, 5) is 0. The van der Waals surface area contributed by atoms with Crippen LogP contribution in [0.1, 0.15) is 38.7 Å². The molecule has 1 atom stereocenters. The van der Waals surface area contributed by atoms with Crippen molar-refractivity contribution < 1.29 is 4.74 Å². The summed E-state index contributed by atoms with van der Waals surface area (Å²) in [5.41, 5.74) is 1.40. The summed E-state index contributed by atoms with van der Waals surface area (Å²) in [5.74, 6) is 0.832. The van der Waals surface area contributed by atoms with Crippen LogP contribution in [0, 0.1) is 5.92 Å². The van der Waals surface area contributed by atoms with Gasteiger partial charge in [0, 0.05) is 17.1 Å². The second-order valence-electron chi connectivity index (χ2n) is 5.70. The Labute approximate surface area is 131 Å². The van der Waals surface area contributed by atoms with Crippen LogP contribution in [0.25, 0.3) is 0 Å². The standard InChI is InChI=1S/C17H26BrNO/c1-3-19-15(9-13-10-16(11-13)20-4-2)12-14-7-5-6-8-17(14)18/h5-8,13,15-16,19H,3-4,9-12H2,1-2H3. The molecule has 2 nitrogen and oxygen atoms in total. The zero-order chi connectivity index (χ0) is 14.4. The fraction of sp³-hybridized carbons (Fsp3) is 0.647. The lowest BCUT2D eigenvalue weighted by atomic mass is 9.77. The molecule has 0 bridgehead atoms. The molecule has 1 aliphatic rings. The zero-order valence-corrected chi connectivity index (χ0v) is 14.2. The number of nitrogens with one attached hydrogen (secondary N) is 1. The number of hydrogen-bond acceptors (Lipinski definition) is 2. The van der Waals surface area contributed by atoms with Gasteiger partial charge in [0.05, 0.1) is 6.10 Å². The summed E-state index contributed by atoms with van der Waals surface area (Å²) in [5, 5.41) is 3.64. The Balaban J connectivity index is 1.84. The average Bonchev–Trinajstić information content (AvgIpc) is 2.39. The van der Waals surface area contributed by atoms with Crippen molar-refractivity contribution in [3.63, 3.8) is 0 Å². The third kappa shape index (κ3) is 4.57. The van der Waals surface area contributed by atoms with Crippen molar-refractivity contribution >= 4 is 15.9 Å². The van der Waals surface area contributed by atoms with Gasteiger partial charge in [0.1, 0.15) is 0 Å². The van der Waals surface area contributed by atoms with Gasteiger partial charge in [0.2, 0.25) is 0 Å². The number of halogens is 1. The first-order valence-corrected chi connectivity index (χ1v) is 8.60. The highest BCUT2D eigenvalue weighted by Crippen LogP contribution is 2.34. The molecule has 0 heterocycles. The van der Waals surface area contributed by atoms with Crippen molar-refractivity contribution in [3.8, 4) is 0 Å². The van der Waals surface area contributed by atoms with Crippen LogP contribution in [-0.2, 0) is 11.2 Å². The first-order chi connectivity index (χ1) is 9.72. The molecule has 0 saturated heterocycles. The molecule has 0 spiro atoms. The van der Waals surface area contributed by atoms with E-state index in [2.05, 4.69) is 59.4 Å². The van der Waals surface area contributed by atoms with Crippen molar-refractivity contribution in [1.82, 2.24) is 5.32 Å². The molecule has 1 N–H and O–H groups in total. The topological polar surface area (TPSA) is 21.3 Å². The van der Waals surface area contributed by atoms with Crippen LogP contribution in [-0.4, -0.2) is 25.3 Å². The van der Waals surface area contributed by atoms with Gasteiger partial charge < -0.3 is 10.1 Å². The van der Waals surface area contributed by atoms with Gasteiger partial charge in [-0.2, -0.15) is 0 Å². The Bertz CT molecular complexity index is 404. The van der Waals surface area contributed by atoms with Gasteiger partial charge in [-0.1, -0.05) is 41.1 Å². The molecule has 1 aromatic rings. The van der Waals surface area contributed by atoms with Crippen LogP contribution in [0.15, 0.2) is 28.7 Å². The highest BCUT2D eigenvalue weighted by molar-refractivity contribution is 9.10. The smallest absolute Gasteiger partial charge is 0.0580 e. The van der Waals surface area contributed by atoms with Gasteiger partial charge in [-0.3, -0.25) is 0 Å². The first kappa shape index (κ1) is 16.0. The van der Waals surface area contributed by atoms with E-state index in [0.29, 0.717) is 12.1 Å². The molecule has 20 heavy (non-hydrogen) atoms. The van der Waals surface area contributed by atoms with Crippen molar-refractivity contribution in [2.24, 2.45) is 5.92 Å². The maximum atomic E-state index is 5.66. The number of rotatable bonds is 8. The molecule has 2 rings (SSSR count). The van der Waals surface area contributed by atoms with E-state index in [1.54, 1.807) is 0 Å². The molecule has 0 radical (unpaired) electrons. The van der Waals surface area contributed by atoms with Crippen LogP contribution >= 0.6 is 15.9 Å². The lowest BCUT2D eigenvalue weighted by molar-refractivity contribution is -0.0289. The lowest BCUT2D eigenvalue weighted by Gasteiger charge is -2.37. The number of ether oxygens (including phenoxy) is 1. The van der Waals surface area contributed by atoms with Crippen LogP contribution in [0.3, 0.4) is 0 Å². The Morgan fingerprint density at radius 2 is 2.05 bits per heavy atom. The highest BCUT2D eigenvalue weighted by Gasteiger charge is 2.31. The normalized spacial score (nSPS) is 23.4. The second-order valence-corrected chi connectivity index (χ2v) is 6.55. The Kier molecular flexibility index (Phi) is 6.53. The Morgan fingerprint density at radius 1 is 1.30 bits per heavy atom. The summed E-state index contributed by atoms with van der Waals surface area (Å²) in [6.07, 6.45) is 5.37. The zero-order valence-electron chi connectivity index (χ0n) is 12.6. The summed E-state index contributed by atoms with van der Waals surface area (Å²) >= 11 is 3.66. The molecular weight excluding hydrogens is 314 g/mol. The van der Waals surface area contributed by atoms with E-state index in [-0.39, 0.29) is 0 Å². The number of benzene rings is 1. The predicted octanol–water partition coefficient (Wildman–Crippen LogP) is 4.17. The van der Waals surface area contributed by atoms with Crippen molar-refractivity contribution in [1.29, 1.82) is 0 Å². The van der Waals surface area contributed by atoms with Crippen molar-refractivity contribution in [3.05, 3.63) is 34.3 Å². The molecule has 1 saturated carbocycles. The van der Waals surface area contributed by atoms with E-state index < -0.39 is 0 Å². The summed E-state index contributed by atoms with van der Waals surface area (Å²) in [7, 11) is 0. The SMILES string of the molecule is CCNC(Cc1ccccc1Br)CC1CC(OCC)C1. The van der Waals surface area contributed by atoms with Crippen LogP contribution in [0.4, 0.5) is 0 Å². The summed E-state index contributed by atoms with van der Waals surface area (Å²) in [6, 6.07) is 9.13. The third-order valence-corrected chi connectivity index (χ3v) is 4.90. The van der Waals surface area contributed by atoms with E-state index in [0.717, 1.165) is 25.5 Å². The van der Waals surface area contributed by atoms with E-state index in [1.807, 2.05) is 0 Å². The fourth-order valence-electron chi connectivity index (χ4n) is 3.10. The van der Waals surface area contributed by atoms with Crippen LogP contribution in [0.5, 0.6) is 0 Å². The first-order valence-electron chi connectivity index (χ1n) is 7.81. The number of hydrogen-bond donors (Lipinski definition) is 1. The van der Waals surface area contributed by atoms with Gasteiger partial charge in [0.25, 0.3) is 0 Å². The van der Waals surface area contributed by atoms with E-state index in [4.69, 9.17) is 4.74 Å². The monoisotopic (exact) mass is 339 g/mol. The molecule has 1 unspecified atom stereocenters. The van der Waals surface area contributed by atoms with Gasteiger partial charge >= 0.3 is 0 Å². The molecule has 1 aromatic carbocycles. The van der Waals surface area contributed by atoms with Crippen molar-refractivity contribution in [2.75, 3.05) is 13.2 Å². The van der Waals surface area contributed by atoms with Gasteiger partial charge in [-0.25, -0.2) is 0 Å². The van der Waals surface area contributed by atoms with Crippen molar-refractivity contribution in [2.45, 2.75) is 51.7 Å². The highest BCUT2D eigenvalue weighted by atomic mass is 79.9. The Morgan fingerprint density at radius 3 is 2.70 bits per heavy atom. The third-order valence-electron chi connectivity index (χ3n) is 4.13. The molecule has 0 aromatic heterocycles. The van der Waals surface area contributed by atoms with Gasteiger partial charge in [-0.05, 0) is 56.7 Å². The van der Waals surface area contributed by atoms with Gasteiger partial charge in [-0.15, -0.1) is 0 Å². The molecule has 0 amide bonds. The summed E-state index contributed by atoms with van der Waals surface area (Å²) in [6.45, 7) is 6.17. The summed E-state index contributed by atoms with van der Waals surface area (Å²) < 4.78 is 6.88. The minimum Gasteiger partial charge on any atom is -0.378 e. The maximum absolute atomic E-state index is 5.66. The predicted molar refractivity (Wildman–Crippen MR) is 88.1 cm³/mol. The molecule has 0 aliphatic heterocycles. The molecule has 1 aliphatic carbocycles. The van der Waals surface area contributed by atoms with E-state index >= 15 is 0 Å². The van der Waals surface area contributed by atoms with E-state index in [1.165, 1.54) is 29.3 Å². The molecule has 1 fully saturated rings.